The molecule has 0 amide bonds. The van der Waals surface area contributed by atoms with Gasteiger partial charge in [0.25, 0.3) is 0 Å². The summed E-state index contributed by atoms with van der Waals surface area (Å²) in [5.41, 5.74) is 2.37. The van der Waals surface area contributed by atoms with Gasteiger partial charge in [-0.05, 0) is 25.1 Å². The molecule has 0 saturated carbocycles. The minimum Gasteiger partial charge on any atom is -0.491 e. The van der Waals surface area contributed by atoms with Crippen LogP contribution in [0.25, 0.3) is 0 Å². The minimum absolute atomic E-state index is 0.629. The number of ether oxygens (including phenoxy) is 1. The highest BCUT2D eigenvalue weighted by atomic mass is 16.5. The molecule has 0 aliphatic carbocycles. The van der Waals surface area contributed by atoms with Crippen LogP contribution in [0.15, 0.2) is 36.7 Å². The predicted octanol–water partition coefficient (Wildman–Crippen LogP) is 2.38. The molecule has 4 heteroatoms. The van der Waals surface area contributed by atoms with E-state index in [9.17, 15) is 0 Å². The van der Waals surface area contributed by atoms with Crippen LogP contribution in [0, 0.1) is 6.92 Å². The molecule has 102 valence electrons. The van der Waals surface area contributed by atoms with E-state index >= 15 is 0 Å². The summed E-state index contributed by atoms with van der Waals surface area (Å²) in [4.78, 5) is 0. The van der Waals surface area contributed by atoms with Crippen LogP contribution in [0.5, 0.6) is 5.75 Å². The number of para-hydroxylation sites is 1. The van der Waals surface area contributed by atoms with Gasteiger partial charge in [0.2, 0.25) is 0 Å². The van der Waals surface area contributed by atoms with Gasteiger partial charge in [0.15, 0.2) is 0 Å². The first-order chi connectivity index (χ1) is 9.29. The average Bonchev–Trinajstić information content (AvgIpc) is 2.83. The summed E-state index contributed by atoms with van der Waals surface area (Å²) in [7, 11) is 0. The zero-order valence-corrected chi connectivity index (χ0v) is 11.6. The average molecular weight is 259 g/mol. The number of hydrogen-bond acceptors (Lipinski definition) is 3. The predicted molar refractivity (Wildman–Crippen MR) is 76.3 cm³/mol. The molecule has 0 spiro atoms. The van der Waals surface area contributed by atoms with Crippen LogP contribution in [-0.2, 0) is 13.1 Å². The number of rotatable bonds is 7. The molecular formula is C15H21N3O. The topological polar surface area (TPSA) is 39.1 Å². The van der Waals surface area contributed by atoms with Gasteiger partial charge in [0.1, 0.15) is 12.4 Å². The molecule has 2 aromatic rings. The van der Waals surface area contributed by atoms with Crippen molar-refractivity contribution in [1.82, 2.24) is 15.1 Å². The first-order valence-electron chi connectivity index (χ1n) is 6.70. The van der Waals surface area contributed by atoms with Gasteiger partial charge in [0, 0.05) is 18.3 Å². The molecule has 0 fully saturated rings. The Morgan fingerprint density at radius 2 is 2.16 bits per heavy atom. The fourth-order valence-corrected chi connectivity index (χ4v) is 1.89. The maximum atomic E-state index is 5.85. The van der Waals surface area contributed by atoms with Crippen LogP contribution in [-0.4, -0.2) is 22.9 Å². The van der Waals surface area contributed by atoms with Gasteiger partial charge < -0.3 is 10.1 Å². The summed E-state index contributed by atoms with van der Waals surface area (Å²) in [5.74, 6) is 0.951. The van der Waals surface area contributed by atoms with E-state index < -0.39 is 0 Å². The molecule has 0 atom stereocenters. The van der Waals surface area contributed by atoms with Crippen LogP contribution >= 0.6 is 0 Å². The summed E-state index contributed by atoms with van der Waals surface area (Å²) in [6.07, 6.45) is 3.88. The fourth-order valence-electron chi connectivity index (χ4n) is 1.89. The molecule has 1 aromatic heterocycles. The molecule has 1 heterocycles. The quantitative estimate of drug-likeness (QED) is 0.829. The van der Waals surface area contributed by atoms with Crippen molar-refractivity contribution in [3.63, 3.8) is 0 Å². The van der Waals surface area contributed by atoms with Gasteiger partial charge in [-0.15, -0.1) is 0 Å². The van der Waals surface area contributed by atoms with Crippen molar-refractivity contribution >= 4 is 0 Å². The van der Waals surface area contributed by atoms with E-state index in [0.29, 0.717) is 6.61 Å². The molecule has 1 aromatic carbocycles. The number of hydrogen-bond donors (Lipinski definition) is 1. The van der Waals surface area contributed by atoms with Crippen LogP contribution in [0.4, 0.5) is 0 Å². The molecule has 0 unspecified atom stereocenters. The Morgan fingerprint density at radius 3 is 2.89 bits per heavy atom. The Kier molecular flexibility index (Phi) is 4.98. The second-order valence-corrected chi connectivity index (χ2v) is 4.52. The van der Waals surface area contributed by atoms with E-state index in [2.05, 4.69) is 23.4 Å². The Balaban J connectivity index is 1.88. The third-order valence-electron chi connectivity index (χ3n) is 2.88. The van der Waals surface area contributed by atoms with Crippen LogP contribution in [0.1, 0.15) is 18.1 Å². The van der Waals surface area contributed by atoms with Gasteiger partial charge in [-0.3, -0.25) is 4.68 Å². The van der Waals surface area contributed by atoms with Gasteiger partial charge in [0.05, 0.1) is 12.7 Å². The Bertz CT molecular complexity index is 508. The smallest absolute Gasteiger partial charge is 0.123 e. The molecule has 19 heavy (non-hydrogen) atoms. The van der Waals surface area contributed by atoms with Crippen molar-refractivity contribution in [2.75, 3.05) is 13.2 Å². The van der Waals surface area contributed by atoms with Crippen molar-refractivity contribution in [2.45, 2.75) is 26.9 Å². The number of benzene rings is 1. The van der Waals surface area contributed by atoms with Crippen molar-refractivity contribution in [1.29, 1.82) is 0 Å². The normalized spacial score (nSPS) is 10.6. The highest BCUT2D eigenvalue weighted by molar-refractivity contribution is 5.33. The van der Waals surface area contributed by atoms with Crippen molar-refractivity contribution in [3.8, 4) is 5.75 Å². The van der Waals surface area contributed by atoms with Gasteiger partial charge in [-0.25, -0.2) is 0 Å². The first-order valence-corrected chi connectivity index (χ1v) is 6.70. The lowest BCUT2D eigenvalue weighted by molar-refractivity contribution is 0.288. The van der Waals surface area contributed by atoms with Gasteiger partial charge in [-0.2, -0.15) is 5.10 Å². The standard InChI is InChI=1S/C15H21N3O/c1-3-16-11-14-6-4-5-7-15(14)19-9-8-18-12-13(2)10-17-18/h4-7,10,12,16H,3,8-9,11H2,1-2H3. The zero-order valence-electron chi connectivity index (χ0n) is 11.6. The van der Waals surface area contributed by atoms with Gasteiger partial charge >= 0.3 is 0 Å². The van der Waals surface area contributed by atoms with E-state index in [0.717, 1.165) is 25.4 Å². The largest absolute Gasteiger partial charge is 0.491 e. The lowest BCUT2D eigenvalue weighted by Gasteiger charge is -2.11. The lowest BCUT2D eigenvalue weighted by atomic mass is 10.2. The van der Waals surface area contributed by atoms with Crippen LogP contribution < -0.4 is 10.1 Å². The third kappa shape index (κ3) is 4.10. The maximum absolute atomic E-state index is 5.85. The number of aromatic nitrogens is 2. The molecule has 4 nitrogen and oxygen atoms in total. The molecular weight excluding hydrogens is 238 g/mol. The Morgan fingerprint density at radius 1 is 1.32 bits per heavy atom. The van der Waals surface area contributed by atoms with Gasteiger partial charge in [-0.1, -0.05) is 25.1 Å². The summed E-state index contributed by atoms with van der Waals surface area (Å²) < 4.78 is 7.75. The molecule has 0 aliphatic rings. The summed E-state index contributed by atoms with van der Waals surface area (Å²) in [6.45, 7) is 7.34. The number of nitrogens with one attached hydrogen (secondary N) is 1. The molecule has 2 rings (SSSR count). The lowest BCUT2D eigenvalue weighted by Crippen LogP contribution is -2.14. The highest BCUT2D eigenvalue weighted by Crippen LogP contribution is 2.17. The van der Waals surface area contributed by atoms with E-state index in [1.54, 1.807) is 0 Å². The first kappa shape index (κ1) is 13.6. The van der Waals surface area contributed by atoms with E-state index in [-0.39, 0.29) is 0 Å². The van der Waals surface area contributed by atoms with E-state index in [4.69, 9.17) is 4.74 Å². The minimum atomic E-state index is 0.629. The molecule has 0 bridgehead atoms. The second-order valence-electron chi connectivity index (χ2n) is 4.52. The second kappa shape index (κ2) is 6.95. The third-order valence-corrected chi connectivity index (χ3v) is 2.88. The highest BCUT2D eigenvalue weighted by Gasteiger charge is 2.02. The molecule has 0 aliphatic heterocycles. The SMILES string of the molecule is CCNCc1ccccc1OCCn1cc(C)cn1. The molecule has 0 radical (unpaired) electrons. The molecule has 0 saturated heterocycles. The summed E-state index contributed by atoms with van der Waals surface area (Å²) in [5, 5.41) is 7.56. The maximum Gasteiger partial charge on any atom is 0.123 e. The number of nitrogens with zero attached hydrogens (tertiary/aromatic N) is 2. The summed E-state index contributed by atoms with van der Waals surface area (Å²) >= 11 is 0. The Labute approximate surface area is 114 Å². The Hall–Kier alpha value is -1.81. The fraction of sp³-hybridized carbons (Fsp3) is 0.400. The van der Waals surface area contributed by atoms with Crippen molar-refractivity contribution in [2.24, 2.45) is 0 Å². The van der Waals surface area contributed by atoms with Crippen LogP contribution in [0.2, 0.25) is 0 Å². The van der Waals surface area contributed by atoms with Crippen molar-refractivity contribution < 1.29 is 4.74 Å². The summed E-state index contributed by atoms with van der Waals surface area (Å²) in [6, 6.07) is 8.15. The number of aryl methyl sites for hydroxylation is 1. The van der Waals surface area contributed by atoms with Crippen molar-refractivity contribution in [3.05, 3.63) is 47.8 Å². The van der Waals surface area contributed by atoms with E-state index in [1.807, 2.05) is 42.2 Å². The zero-order chi connectivity index (χ0) is 13.5. The monoisotopic (exact) mass is 259 g/mol. The molecule has 1 N–H and O–H groups in total. The van der Waals surface area contributed by atoms with E-state index in [1.165, 1.54) is 11.1 Å². The van der Waals surface area contributed by atoms with Crippen LogP contribution in [0.3, 0.4) is 0 Å².